The average molecular weight is 309 g/mol. The fourth-order valence-corrected chi connectivity index (χ4v) is 4.12. The summed E-state index contributed by atoms with van der Waals surface area (Å²) in [5.74, 6) is 1.19. The summed E-state index contributed by atoms with van der Waals surface area (Å²) >= 11 is 0. The van der Waals surface area contributed by atoms with Crippen molar-refractivity contribution < 1.29 is 9.53 Å². The van der Waals surface area contributed by atoms with Gasteiger partial charge in [0, 0.05) is 32.1 Å². The number of carbonyl (C=O) groups is 1. The molecule has 5 heteroatoms. The van der Waals surface area contributed by atoms with E-state index in [1.807, 2.05) is 0 Å². The Morgan fingerprint density at radius 1 is 1.41 bits per heavy atom. The van der Waals surface area contributed by atoms with E-state index in [2.05, 4.69) is 29.4 Å². The van der Waals surface area contributed by atoms with Gasteiger partial charge in [-0.2, -0.15) is 0 Å². The lowest BCUT2D eigenvalue weighted by molar-refractivity contribution is -0.124. The molecule has 0 aromatic heterocycles. The molecule has 2 N–H and O–H groups in total. The summed E-state index contributed by atoms with van der Waals surface area (Å²) in [6.07, 6.45) is 3.56. The number of carbonyl (C=O) groups excluding carboxylic acids is 1. The molecule has 2 atom stereocenters. The van der Waals surface area contributed by atoms with Crippen LogP contribution in [0.15, 0.2) is 0 Å². The van der Waals surface area contributed by atoms with Crippen LogP contribution in [0.1, 0.15) is 33.1 Å². The molecule has 2 aliphatic heterocycles. The number of hydrogen-bond acceptors (Lipinski definition) is 4. The van der Waals surface area contributed by atoms with Crippen LogP contribution in [0, 0.1) is 17.3 Å². The molecule has 1 spiro atoms. The molecule has 3 aliphatic rings. The van der Waals surface area contributed by atoms with E-state index in [-0.39, 0.29) is 17.9 Å². The van der Waals surface area contributed by atoms with E-state index in [4.69, 9.17) is 4.74 Å². The average Bonchev–Trinajstić information content (AvgIpc) is 3.18. The normalized spacial score (nSPS) is 31.4. The number of amides is 1. The van der Waals surface area contributed by atoms with Crippen molar-refractivity contribution in [1.82, 2.24) is 15.5 Å². The first-order valence-electron chi connectivity index (χ1n) is 8.91. The summed E-state index contributed by atoms with van der Waals surface area (Å²) < 4.78 is 5.81. The number of nitrogens with one attached hydrogen (secondary N) is 2. The van der Waals surface area contributed by atoms with Crippen molar-refractivity contribution in [1.29, 1.82) is 0 Å². The van der Waals surface area contributed by atoms with Gasteiger partial charge in [-0.05, 0) is 43.7 Å². The Bertz CT molecular complexity index is 393. The van der Waals surface area contributed by atoms with Crippen molar-refractivity contribution in [3.63, 3.8) is 0 Å². The van der Waals surface area contributed by atoms with Crippen molar-refractivity contribution in [3.05, 3.63) is 0 Å². The highest BCUT2D eigenvalue weighted by molar-refractivity contribution is 5.82. The van der Waals surface area contributed by atoms with Crippen molar-refractivity contribution in [3.8, 4) is 0 Å². The van der Waals surface area contributed by atoms with Crippen LogP contribution in [-0.4, -0.2) is 62.8 Å². The van der Waals surface area contributed by atoms with E-state index >= 15 is 0 Å². The second-order valence-electron chi connectivity index (χ2n) is 7.76. The maximum Gasteiger partial charge on any atom is 0.223 e. The van der Waals surface area contributed by atoms with Gasteiger partial charge in [0.25, 0.3) is 0 Å². The van der Waals surface area contributed by atoms with Gasteiger partial charge in [0.2, 0.25) is 5.91 Å². The molecule has 126 valence electrons. The largest absolute Gasteiger partial charge is 0.374 e. The molecule has 3 rings (SSSR count). The third-order valence-corrected chi connectivity index (χ3v) is 5.46. The van der Waals surface area contributed by atoms with Gasteiger partial charge in [-0.15, -0.1) is 0 Å². The van der Waals surface area contributed by atoms with Crippen molar-refractivity contribution in [2.24, 2.45) is 17.3 Å². The predicted octanol–water partition coefficient (Wildman–Crippen LogP) is 0.849. The third kappa shape index (κ3) is 3.81. The first kappa shape index (κ1) is 16.2. The molecule has 0 aromatic carbocycles. The molecule has 0 aromatic rings. The Hall–Kier alpha value is -0.650. The SMILES string of the molecule is CC(C)CN1CCOC(CNC(=O)C2CC23CCNCC3)C1. The molecular weight excluding hydrogens is 278 g/mol. The zero-order valence-electron chi connectivity index (χ0n) is 14.1. The van der Waals surface area contributed by atoms with Crippen LogP contribution in [0.5, 0.6) is 0 Å². The molecular formula is C17H31N3O2. The molecule has 2 unspecified atom stereocenters. The van der Waals surface area contributed by atoms with Gasteiger partial charge in [-0.1, -0.05) is 13.8 Å². The van der Waals surface area contributed by atoms with E-state index in [9.17, 15) is 4.79 Å². The Balaban J connectivity index is 1.40. The third-order valence-electron chi connectivity index (χ3n) is 5.46. The zero-order chi connectivity index (χ0) is 15.6. The fourth-order valence-electron chi connectivity index (χ4n) is 4.12. The highest BCUT2D eigenvalue weighted by Gasteiger charge is 2.57. The summed E-state index contributed by atoms with van der Waals surface area (Å²) in [6.45, 7) is 11.2. The van der Waals surface area contributed by atoms with E-state index in [1.54, 1.807) is 0 Å². The lowest BCUT2D eigenvalue weighted by Gasteiger charge is -2.34. The second kappa shape index (κ2) is 6.85. The van der Waals surface area contributed by atoms with Crippen LogP contribution in [-0.2, 0) is 9.53 Å². The Kier molecular flexibility index (Phi) is 5.05. The minimum atomic E-state index is 0.152. The van der Waals surface area contributed by atoms with Crippen LogP contribution < -0.4 is 10.6 Å². The molecule has 2 heterocycles. The quantitative estimate of drug-likeness (QED) is 0.790. The maximum absolute atomic E-state index is 12.4. The van der Waals surface area contributed by atoms with Gasteiger partial charge in [-0.25, -0.2) is 0 Å². The van der Waals surface area contributed by atoms with Gasteiger partial charge in [0.15, 0.2) is 0 Å². The minimum absolute atomic E-state index is 0.152. The topological polar surface area (TPSA) is 53.6 Å². The van der Waals surface area contributed by atoms with Gasteiger partial charge in [0.1, 0.15) is 0 Å². The smallest absolute Gasteiger partial charge is 0.223 e. The molecule has 0 radical (unpaired) electrons. The number of nitrogens with zero attached hydrogens (tertiary/aromatic N) is 1. The molecule has 1 amide bonds. The highest BCUT2D eigenvalue weighted by Crippen LogP contribution is 2.58. The monoisotopic (exact) mass is 309 g/mol. The first-order chi connectivity index (χ1) is 10.6. The minimum Gasteiger partial charge on any atom is -0.374 e. The van der Waals surface area contributed by atoms with E-state index < -0.39 is 0 Å². The van der Waals surface area contributed by atoms with Crippen molar-refractivity contribution >= 4 is 5.91 Å². The van der Waals surface area contributed by atoms with E-state index in [0.29, 0.717) is 17.9 Å². The lowest BCUT2D eigenvalue weighted by Crippen LogP contribution is -2.48. The van der Waals surface area contributed by atoms with Crippen LogP contribution in [0.2, 0.25) is 0 Å². The number of ether oxygens (including phenoxy) is 1. The number of hydrogen-bond donors (Lipinski definition) is 2. The summed E-state index contributed by atoms with van der Waals surface area (Å²) in [6, 6.07) is 0. The molecule has 5 nitrogen and oxygen atoms in total. The maximum atomic E-state index is 12.4. The Morgan fingerprint density at radius 2 is 2.18 bits per heavy atom. The standard InChI is InChI=1S/C17H31N3O2/c1-13(2)11-20-7-8-22-14(12-20)10-19-16(21)15-9-17(15)3-5-18-6-4-17/h13-15,18H,3-12H2,1-2H3,(H,19,21). The van der Waals surface area contributed by atoms with Gasteiger partial charge in [-0.3, -0.25) is 9.69 Å². The highest BCUT2D eigenvalue weighted by atomic mass is 16.5. The zero-order valence-corrected chi connectivity index (χ0v) is 14.1. The van der Waals surface area contributed by atoms with Gasteiger partial charge >= 0.3 is 0 Å². The second-order valence-corrected chi connectivity index (χ2v) is 7.76. The fraction of sp³-hybridized carbons (Fsp3) is 0.941. The Labute approximate surface area is 134 Å². The summed E-state index contributed by atoms with van der Waals surface area (Å²) in [7, 11) is 0. The van der Waals surface area contributed by atoms with Crippen LogP contribution in [0.25, 0.3) is 0 Å². The predicted molar refractivity (Wildman–Crippen MR) is 86.7 cm³/mol. The number of piperidine rings is 1. The number of morpholine rings is 1. The van der Waals surface area contributed by atoms with Crippen molar-refractivity contribution in [2.45, 2.75) is 39.2 Å². The van der Waals surface area contributed by atoms with Gasteiger partial charge < -0.3 is 15.4 Å². The molecule has 1 saturated carbocycles. The van der Waals surface area contributed by atoms with Crippen molar-refractivity contribution in [2.75, 3.05) is 45.9 Å². The first-order valence-corrected chi connectivity index (χ1v) is 8.91. The molecule has 2 saturated heterocycles. The molecule has 1 aliphatic carbocycles. The summed E-state index contributed by atoms with van der Waals surface area (Å²) in [5, 5.41) is 6.54. The summed E-state index contributed by atoms with van der Waals surface area (Å²) in [4.78, 5) is 14.8. The van der Waals surface area contributed by atoms with Crippen LogP contribution in [0.3, 0.4) is 0 Å². The Morgan fingerprint density at radius 3 is 2.91 bits per heavy atom. The summed E-state index contributed by atoms with van der Waals surface area (Å²) in [5.41, 5.74) is 0.326. The lowest BCUT2D eigenvalue weighted by atomic mass is 9.92. The van der Waals surface area contributed by atoms with Gasteiger partial charge in [0.05, 0.1) is 12.7 Å². The van der Waals surface area contributed by atoms with E-state index in [1.165, 1.54) is 0 Å². The van der Waals surface area contributed by atoms with Crippen LogP contribution >= 0.6 is 0 Å². The van der Waals surface area contributed by atoms with Crippen LogP contribution in [0.4, 0.5) is 0 Å². The molecule has 22 heavy (non-hydrogen) atoms. The molecule has 0 bridgehead atoms. The van der Waals surface area contributed by atoms with E-state index in [0.717, 1.165) is 58.6 Å². The molecule has 3 fully saturated rings. The number of rotatable bonds is 5.